The fraction of sp³-hybridized carbons (Fsp3) is 0. The smallest absolute Gasteiger partial charge is 0.256 e. The quantitative estimate of drug-likeness (QED) is 0.459. The van der Waals surface area contributed by atoms with E-state index >= 15 is 0 Å². The van der Waals surface area contributed by atoms with Gasteiger partial charge in [0.2, 0.25) is 5.89 Å². The summed E-state index contributed by atoms with van der Waals surface area (Å²) in [6.45, 7) is 0. The zero-order valence-corrected chi connectivity index (χ0v) is 15.3. The van der Waals surface area contributed by atoms with Crippen molar-refractivity contribution < 1.29 is 13.6 Å². The standard InChI is InChI=1S/C22H14ClFN2O2/c23-15-10-8-14(9-11-15)20-13-25-22(28-20)19-7-2-1-6-18(19)21(27)26-17-5-3-4-16(24)12-17/h1-13H,(H,26,27). The van der Waals surface area contributed by atoms with Crippen LogP contribution in [0.5, 0.6) is 0 Å². The normalized spacial score (nSPS) is 10.6. The lowest BCUT2D eigenvalue weighted by Crippen LogP contribution is -2.13. The fourth-order valence-electron chi connectivity index (χ4n) is 2.78. The molecule has 28 heavy (non-hydrogen) atoms. The van der Waals surface area contributed by atoms with Gasteiger partial charge in [-0.2, -0.15) is 0 Å². The van der Waals surface area contributed by atoms with Crippen molar-refractivity contribution in [3.05, 3.63) is 95.4 Å². The van der Waals surface area contributed by atoms with Crippen LogP contribution in [0.15, 0.2) is 83.4 Å². The second-order valence-electron chi connectivity index (χ2n) is 6.05. The average Bonchev–Trinajstić information content (AvgIpc) is 3.18. The molecule has 138 valence electrons. The summed E-state index contributed by atoms with van der Waals surface area (Å²) >= 11 is 5.92. The molecule has 4 nitrogen and oxygen atoms in total. The first-order valence-corrected chi connectivity index (χ1v) is 8.86. The van der Waals surface area contributed by atoms with E-state index in [0.717, 1.165) is 5.56 Å². The maximum atomic E-state index is 13.4. The van der Waals surface area contributed by atoms with Crippen LogP contribution in [0.4, 0.5) is 10.1 Å². The third kappa shape index (κ3) is 3.80. The number of nitrogens with one attached hydrogen (secondary N) is 1. The summed E-state index contributed by atoms with van der Waals surface area (Å²) in [6, 6.07) is 19.8. The number of halogens is 2. The van der Waals surface area contributed by atoms with E-state index in [4.69, 9.17) is 16.0 Å². The summed E-state index contributed by atoms with van der Waals surface area (Å²) in [4.78, 5) is 17.0. The third-order valence-electron chi connectivity index (χ3n) is 4.12. The Kier molecular flexibility index (Phi) is 4.91. The second kappa shape index (κ2) is 7.66. The molecule has 0 atom stereocenters. The molecule has 0 aliphatic heterocycles. The van der Waals surface area contributed by atoms with Gasteiger partial charge in [0.15, 0.2) is 5.76 Å². The van der Waals surface area contributed by atoms with Crippen LogP contribution in [0, 0.1) is 5.82 Å². The molecule has 4 rings (SSSR count). The highest BCUT2D eigenvalue weighted by molar-refractivity contribution is 6.30. The third-order valence-corrected chi connectivity index (χ3v) is 4.37. The number of aromatic nitrogens is 1. The summed E-state index contributed by atoms with van der Waals surface area (Å²) in [5.41, 5.74) is 2.10. The first kappa shape index (κ1) is 17.9. The molecule has 1 heterocycles. The monoisotopic (exact) mass is 392 g/mol. The molecule has 1 aromatic heterocycles. The maximum absolute atomic E-state index is 13.4. The summed E-state index contributed by atoms with van der Waals surface area (Å²) in [7, 11) is 0. The summed E-state index contributed by atoms with van der Waals surface area (Å²) in [5, 5.41) is 3.32. The maximum Gasteiger partial charge on any atom is 0.256 e. The number of benzene rings is 3. The summed E-state index contributed by atoms with van der Waals surface area (Å²) in [6.07, 6.45) is 1.60. The number of nitrogens with zero attached hydrogens (tertiary/aromatic N) is 1. The van der Waals surface area contributed by atoms with Gasteiger partial charge in [-0.25, -0.2) is 9.37 Å². The van der Waals surface area contributed by atoms with Crippen LogP contribution >= 0.6 is 11.6 Å². The first-order chi connectivity index (χ1) is 13.6. The lowest BCUT2D eigenvalue weighted by Gasteiger charge is -2.08. The zero-order chi connectivity index (χ0) is 19.5. The van der Waals surface area contributed by atoms with Gasteiger partial charge in [-0.1, -0.05) is 29.8 Å². The Morgan fingerprint density at radius 1 is 1.00 bits per heavy atom. The predicted octanol–water partition coefficient (Wildman–Crippen LogP) is 6.05. The molecule has 0 spiro atoms. The Morgan fingerprint density at radius 3 is 2.57 bits per heavy atom. The van der Waals surface area contributed by atoms with Crippen LogP contribution in [0.2, 0.25) is 5.02 Å². The number of amides is 1. The van der Waals surface area contributed by atoms with Crippen LogP contribution in [-0.4, -0.2) is 10.9 Å². The number of carbonyl (C=O) groups excluding carboxylic acids is 1. The van der Waals surface area contributed by atoms with Gasteiger partial charge in [-0.3, -0.25) is 4.79 Å². The molecule has 1 N–H and O–H groups in total. The van der Waals surface area contributed by atoms with E-state index in [2.05, 4.69) is 10.3 Å². The van der Waals surface area contributed by atoms with Crippen molar-refractivity contribution >= 4 is 23.2 Å². The van der Waals surface area contributed by atoms with Crippen molar-refractivity contribution in [1.82, 2.24) is 4.98 Å². The van der Waals surface area contributed by atoms with E-state index in [0.29, 0.717) is 33.5 Å². The number of rotatable bonds is 4. The lowest BCUT2D eigenvalue weighted by molar-refractivity contribution is 0.102. The molecule has 1 amide bonds. The van der Waals surface area contributed by atoms with E-state index in [1.54, 1.807) is 48.7 Å². The minimum atomic E-state index is -0.425. The molecule has 0 aliphatic rings. The van der Waals surface area contributed by atoms with Crippen molar-refractivity contribution in [2.24, 2.45) is 0 Å². The largest absolute Gasteiger partial charge is 0.436 e. The second-order valence-corrected chi connectivity index (χ2v) is 6.48. The SMILES string of the molecule is O=C(Nc1cccc(F)c1)c1ccccc1-c1ncc(-c2ccc(Cl)cc2)o1. The number of hydrogen-bond acceptors (Lipinski definition) is 3. The van der Waals surface area contributed by atoms with Gasteiger partial charge in [-0.05, 0) is 54.6 Å². The summed E-state index contributed by atoms with van der Waals surface area (Å²) in [5.74, 6) is 0.0702. The molecule has 4 aromatic rings. The first-order valence-electron chi connectivity index (χ1n) is 8.48. The topological polar surface area (TPSA) is 55.1 Å². The van der Waals surface area contributed by atoms with Gasteiger partial charge in [0.05, 0.1) is 11.8 Å². The Labute approximate surface area is 165 Å². The Balaban J connectivity index is 1.65. The zero-order valence-electron chi connectivity index (χ0n) is 14.5. The lowest BCUT2D eigenvalue weighted by atomic mass is 10.1. The number of anilines is 1. The van der Waals surface area contributed by atoms with Gasteiger partial charge < -0.3 is 9.73 Å². The molecule has 6 heteroatoms. The van der Waals surface area contributed by atoms with E-state index in [1.807, 2.05) is 12.1 Å². The van der Waals surface area contributed by atoms with Crippen molar-refractivity contribution in [2.75, 3.05) is 5.32 Å². The molecule has 0 unspecified atom stereocenters. The Bertz CT molecular complexity index is 1140. The highest BCUT2D eigenvalue weighted by Crippen LogP contribution is 2.29. The summed E-state index contributed by atoms with van der Waals surface area (Å²) < 4.78 is 19.2. The Hall–Kier alpha value is -3.44. The van der Waals surface area contributed by atoms with E-state index in [9.17, 15) is 9.18 Å². The highest BCUT2D eigenvalue weighted by Gasteiger charge is 2.17. The number of hydrogen-bond donors (Lipinski definition) is 1. The average molecular weight is 393 g/mol. The minimum absolute atomic E-state index is 0.315. The van der Waals surface area contributed by atoms with E-state index in [-0.39, 0.29) is 5.91 Å². The molecular weight excluding hydrogens is 379 g/mol. The van der Waals surface area contributed by atoms with Gasteiger partial charge in [-0.15, -0.1) is 0 Å². The van der Waals surface area contributed by atoms with Crippen LogP contribution in [-0.2, 0) is 0 Å². The number of carbonyl (C=O) groups is 1. The van der Waals surface area contributed by atoms with Gasteiger partial charge in [0.25, 0.3) is 5.91 Å². The molecule has 0 radical (unpaired) electrons. The molecule has 0 bridgehead atoms. The molecule has 0 saturated heterocycles. The van der Waals surface area contributed by atoms with Crippen molar-refractivity contribution in [3.63, 3.8) is 0 Å². The molecule has 0 saturated carbocycles. The molecule has 0 aliphatic carbocycles. The molecule has 3 aromatic carbocycles. The predicted molar refractivity (Wildman–Crippen MR) is 107 cm³/mol. The van der Waals surface area contributed by atoms with Crippen LogP contribution in [0.1, 0.15) is 10.4 Å². The Morgan fingerprint density at radius 2 is 1.79 bits per heavy atom. The minimum Gasteiger partial charge on any atom is -0.436 e. The van der Waals surface area contributed by atoms with Gasteiger partial charge in [0, 0.05) is 21.8 Å². The van der Waals surface area contributed by atoms with E-state index < -0.39 is 5.82 Å². The molecule has 0 fully saturated rings. The fourth-order valence-corrected chi connectivity index (χ4v) is 2.90. The number of oxazole rings is 1. The van der Waals surface area contributed by atoms with Crippen molar-refractivity contribution in [3.8, 4) is 22.8 Å². The van der Waals surface area contributed by atoms with Crippen molar-refractivity contribution in [2.45, 2.75) is 0 Å². The van der Waals surface area contributed by atoms with E-state index in [1.165, 1.54) is 18.2 Å². The van der Waals surface area contributed by atoms with Crippen LogP contribution in [0.3, 0.4) is 0 Å². The van der Waals surface area contributed by atoms with Crippen molar-refractivity contribution in [1.29, 1.82) is 0 Å². The van der Waals surface area contributed by atoms with Crippen LogP contribution in [0.25, 0.3) is 22.8 Å². The van der Waals surface area contributed by atoms with Gasteiger partial charge in [0.1, 0.15) is 5.82 Å². The van der Waals surface area contributed by atoms with Crippen LogP contribution < -0.4 is 5.32 Å². The van der Waals surface area contributed by atoms with Gasteiger partial charge >= 0.3 is 0 Å². The highest BCUT2D eigenvalue weighted by atomic mass is 35.5. The molecular formula is C22H14ClFN2O2.